The molecular weight excluding hydrogens is 348 g/mol. The maximum Gasteiger partial charge on any atom is 0.307 e. The summed E-state index contributed by atoms with van der Waals surface area (Å²) in [5.41, 5.74) is 0.684. The highest BCUT2D eigenvalue weighted by molar-refractivity contribution is 7.99. The maximum absolute atomic E-state index is 12.4. The third-order valence-electron chi connectivity index (χ3n) is 3.49. The molecular formula is C20H20N2O3S. The summed E-state index contributed by atoms with van der Waals surface area (Å²) in [7, 11) is 0. The standard InChI is InChI=1S/C20H20N2O3S/c21-13-7-14-22(17-8-3-1-4-9-17)19(23)16-25-20(24)12-15-26-18-10-5-2-6-11-18/h1-6,8-11H,7,12,14-16H2. The average Bonchev–Trinajstić information content (AvgIpc) is 2.68. The number of rotatable bonds is 9. The van der Waals surface area contributed by atoms with Crippen molar-refractivity contribution in [2.24, 2.45) is 0 Å². The number of nitrogens with zero attached hydrogens (tertiary/aromatic N) is 2. The van der Waals surface area contributed by atoms with Gasteiger partial charge in [-0.05, 0) is 24.3 Å². The number of anilines is 1. The average molecular weight is 368 g/mol. The lowest BCUT2D eigenvalue weighted by molar-refractivity contribution is -0.147. The van der Waals surface area contributed by atoms with Crippen molar-refractivity contribution in [1.82, 2.24) is 0 Å². The van der Waals surface area contributed by atoms with E-state index in [1.54, 1.807) is 23.9 Å². The van der Waals surface area contributed by atoms with E-state index in [-0.39, 0.29) is 31.9 Å². The molecule has 0 aliphatic heterocycles. The lowest BCUT2D eigenvalue weighted by Crippen LogP contribution is -2.35. The Morgan fingerprint density at radius 1 is 1.04 bits per heavy atom. The molecule has 2 aromatic carbocycles. The zero-order chi connectivity index (χ0) is 18.6. The summed E-state index contributed by atoms with van der Waals surface area (Å²) < 4.78 is 5.10. The lowest BCUT2D eigenvalue weighted by atomic mass is 10.2. The van der Waals surface area contributed by atoms with Crippen LogP contribution in [0.1, 0.15) is 12.8 Å². The molecule has 2 rings (SSSR count). The van der Waals surface area contributed by atoms with Crippen LogP contribution in [0.4, 0.5) is 5.69 Å². The Morgan fingerprint density at radius 2 is 1.69 bits per heavy atom. The molecule has 0 saturated carbocycles. The van der Waals surface area contributed by atoms with Gasteiger partial charge in [0.1, 0.15) is 0 Å². The Hall–Kier alpha value is -2.78. The van der Waals surface area contributed by atoms with Gasteiger partial charge < -0.3 is 9.64 Å². The first-order valence-electron chi connectivity index (χ1n) is 8.26. The number of hydrogen-bond donors (Lipinski definition) is 0. The molecule has 0 aromatic heterocycles. The highest BCUT2D eigenvalue weighted by atomic mass is 32.2. The predicted octanol–water partition coefficient (Wildman–Crippen LogP) is 3.66. The van der Waals surface area contributed by atoms with Gasteiger partial charge >= 0.3 is 5.97 Å². The summed E-state index contributed by atoms with van der Waals surface area (Å²) in [6, 6.07) is 20.9. The highest BCUT2D eigenvalue weighted by Gasteiger charge is 2.17. The Bertz CT molecular complexity index is 745. The van der Waals surface area contributed by atoms with Crippen LogP contribution in [0, 0.1) is 11.3 Å². The monoisotopic (exact) mass is 368 g/mol. The quantitative estimate of drug-likeness (QED) is 0.499. The van der Waals surface area contributed by atoms with Gasteiger partial charge in [0.15, 0.2) is 6.61 Å². The largest absolute Gasteiger partial charge is 0.456 e. The molecule has 0 radical (unpaired) electrons. The van der Waals surface area contributed by atoms with E-state index in [0.717, 1.165) is 4.90 Å². The van der Waals surface area contributed by atoms with Crippen LogP contribution < -0.4 is 4.90 Å². The van der Waals surface area contributed by atoms with E-state index < -0.39 is 5.97 Å². The molecule has 26 heavy (non-hydrogen) atoms. The molecule has 0 saturated heterocycles. The topological polar surface area (TPSA) is 70.4 Å². The van der Waals surface area contributed by atoms with Crippen molar-refractivity contribution in [2.45, 2.75) is 17.7 Å². The molecule has 5 nitrogen and oxygen atoms in total. The van der Waals surface area contributed by atoms with Gasteiger partial charge in [-0.25, -0.2) is 0 Å². The second-order valence-electron chi connectivity index (χ2n) is 5.36. The molecule has 0 atom stereocenters. The Kier molecular flexibility index (Phi) is 8.24. The molecule has 134 valence electrons. The van der Waals surface area contributed by atoms with E-state index in [1.165, 1.54) is 4.90 Å². The number of para-hydroxylation sites is 1. The SMILES string of the molecule is N#CCCN(C(=O)COC(=O)CCSc1ccccc1)c1ccccc1. The fraction of sp³-hybridized carbons (Fsp3) is 0.250. The van der Waals surface area contributed by atoms with Gasteiger partial charge in [0.05, 0.1) is 18.9 Å². The summed E-state index contributed by atoms with van der Waals surface area (Å²) in [6.45, 7) is -0.0596. The molecule has 0 unspecified atom stereocenters. The number of ether oxygens (including phenoxy) is 1. The smallest absolute Gasteiger partial charge is 0.307 e. The van der Waals surface area contributed by atoms with Gasteiger partial charge in [0.25, 0.3) is 5.91 Å². The third kappa shape index (κ3) is 6.61. The first kappa shape index (κ1) is 19.5. The fourth-order valence-corrected chi connectivity index (χ4v) is 3.08. The number of benzene rings is 2. The molecule has 0 spiro atoms. The normalized spacial score (nSPS) is 9.96. The summed E-state index contributed by atoms with van der Waals surface area (Å²) >= 11 is 1.57. The van der Waals surface area contributed by atoms with E-state index in [4.69, 9.17) is 10.00 Å². The summed E-state index contributed by atoms with van der Waals surface area (Å²) in [5, 5.41) is 8.78. The Morgan fingerprint density at radius 3 is 2.35 bits per heavy atom. The molecule has 0 fully saturated rings. The van der Waals surface area contributed by atoms with Gasteiger partial charge in [-0.1, -0.05) is 36.4 Å². The van der Waals surface area contributed by atoms with Crippen molar-refractivity contribution >= 4 is 29.3 Å². The van der Waals surface area contributed by atoms with Crippen molar-refractivity contribution in [3.8, 4) is 6.07 Å². The van der Waals surface area contributed by atoms with E-state index in [2.05, 4.69) is 0 Å². The highest BCUT2D eigenvalue weighted by Crippen LogP contribution is 2.18. The number of esters is 1. The zero-order valence-electron chi connectivity index (χ0n) is 14.3. The van der Waals surface area contributed by atoms with Crippen LogP contribution in [0.2, 0.25) is 0 Å². The Balaban J connectivity index is 1.79. The van der Waals surface area contributed by atoms with Crippen LogP contribution in [0.25, 0.3) is 0 Å². The van der Waals surface area contributed by atoms with Gasteiger partial charge in [-0.15, -0.1) is 11.8 Å². The first-order chi connectivity index (χ1) is 12.7. The van der Waals surface area contributed by atoms with Crippen molar-refractivity contribution in [3.63, 3.8) is 0 Å². The van der Waals surface area contributed by atoms with Crippen LogP contribution >= 0.6 is 11.8 Å². The van der Waals surface area contributed by atoms with E-state index in [0.29, 0.717) is 11.4 Å². The summed E-state index contributed by atoms with van der Waals surface area (Å²) in [6.07, 6.45) is 0.443. The van der Waals surface area contributed by atoms with Crippen molar-refractivity contribution in [3.05, 3.63) is 60.7 Å². The minimum atomic E-state index is -0.407. The second-order valence-corrected chi connectivity index (χ2v) is 6.53. The molecule has 0 heterocycles. The molecule has 1 amide bonds. The number of hydrogen-bond acceptors (Lipinski definition) is 5. The van der Waals surface area contributed by atoms with Crippen LogP contribution in [0.15, 0.2) is 65.6 Å². The number of carbonyl (C=O) groups excluding carboxylic acids is 2. The molecule has 0 aliphatic carbocycles. The number of carbonyl (C=O) groups is 2. The molecule has 0 N–H and O–H groups in total. The minimum absolute atomic E-state index is 0.211. The van der Waals surface area contributed by atoms with Crippen LogP contribution in [0.3, 0.4) is 0 Å². The summed E-state index contributed by atoms with van der Waals surface area (Å²) in [4.78, 5) is 26.8. The van der Waals surface area contributed by atoms with Crippen molar-refractivity contribution < 1.29 is 14.3 Å². The molecule has 6 heteroatoms. The number of nitriles is 1. The first-order valence-corrected chi connectivity index (χ1v) is 9.25. The zero-order valence-corrected chi connectivity index (χ0v) is 15.2. The Labute approximate surface area is 157 Å². The van der Waals surface area contributed by atoms with Crippen LogP contribution in [0.5, 0.6) is 0 Å². The van der Waals surface area contributed by atoms with Gasteiger partial charge in [-0.2, -0.15) is 5.26 Å². The van der Waals surface area contributed by atoms with Gasteiger partial charge in [0.2, 0.25) is 0 Å². The van der Waals surface area contributed by atoms with E-state index >= 15 is 0 Å². The van der Waals surface area contributed by atoms with Gasteiger partial charge in [-0.3, -0.25) is 9.59 Å². The molecule has 2 aromatic rings. The summed E-state index contributed by atoms with van der Waals surface area (Å²) in [5.74, 6) is -0.154. The van der Waals surface area contributed by atoms with E-state index in [1.807, 2.05) is 54.6 Å². The second kappa shape index (κ2) is 11.0. The molecule has 0 aliphatic rings. The predicted molar refractivity (Wildman–Crippen MR) is 102 cm³/mol. The molecule has 0 bridgehead atoms. The van der Waals surface area contributed by atoms with Crippen molar-refractivity contribution in [2.75, 3.05) is 23.8 Å². The lowest BCUT2D eigenvalue weighted by Gasteiger charge is -2.21. The minimum Gasteiger partial charge on any atom is -0.456 e. The van der Waals surface area contributed by atoms with E-state index in [9.17, 15) is 9.59 Å². The third-order valence-corrected chi connectivity index (χ3v) is 4.50. The van der Waals surface area contributed by atoms with Crippen LogP contribution in [-0.2, 0) is 14.3 Å². The number of amides is 1. The fourth-order valence-electron chi connectivity index (χ4n) is 2.23. The van der Waals surface area contributed by atoms with Crippen LogP contribution in [-0.4, -0.2) is 30.8 Å². The van der Waals surface area contributed by atoms with Crippen molar-refractivity contribution in [1.29, 1.82) is 5.26 Å². The number of thioether (sulfide) groups is 1. The van der Waals surface area contributed by atoms with Gasteiger partial charge in [0, 0.05) is 22.9 Å². The maximum atomic E-state index is 12.4.